The Labute approximate surface area is 84.4 Å². The van der Waals surface area contributed by atoms with Gasteiger partial charge in [0, 0.05) is 13.5 Å². The topological polar surface area (TPSA) is 75.6 Å². The second-order valence-corrected chi connectivity index (χ2v) is 2.47. The summed E-state index contributed by atoms with van der Waals surface area (Å²) in [5.74, 6) is -0.693. The van der Waals surface area contributed by atoms with Crippen LogP contribution < -0.4 is 5.32 Å². The molecular formula is C9H19NO4. The molecular weight excluding hydrogens is 186 g/mol. The van der Waals surface area contributed by atoms with Crippen molar-refractivity contribution in [2.75, 3.05) is 13.7 Å². The normalized spacial score (nSPS) is 8.21. The number of alkyl carbamates (subject to hydrolysis) is 1. The summed E-state index contributed by atoms with van der Waals surface area (Å²) < 4.78 is 4.44. The number of amides is 1. The van der Waals surface area contributed by atoms with Crippen molar-refractivity contribution in [3.8, 4) is 0 Å². The Balaban J connectivity index is 0. The number of carbonyl (C=O) groups excluding carboxylic acids is 1. The fraction of sp³-hybridized carbons (Fsp3) is 0.778. The van der Waals surface area contributed by atoms with Gasteiger partial charge in [0.25, 0.3) is 0 Å². The summed E-state index contributed by atoms with van der Waals surface area (Å²) in [6.45, 7) is 4.16. The Morgan fingerprint density at radius 2 is 1.93 bits per heavy atom. The number of ether oxygens (including phenoxy) is 1. The molecule has 2 N–H and O–H groups in total. The molecule has 0 rings (SSSR count). The van der Waals surface area contributed by atoms with Gasteiger partial charge in [0.05, 0.1) is 6.61 Å². The number of carboxylic acid groups (broad SMARTS) is 1. The predicted molar refractivity (Wildman–Crippen MR) is 53.2 cm³/mol. The van der Waals surface area contributed by atoms with E-state index in [1.165, 1.54) is 7.05 Å². The van der Waals surface area contributed by atoms with Crippen LogP contribution in [0.25, 0.3) is 0 Å². The molecule has 5 heteroatoms. The van der Waals surface area contributed by atoms with Gasteiger partial charge in [-0.3, -0.25) is 4.79 Å². The quantitative estimate of drug-likeness (QED) is 0.731. The van der Waals surface area contributed by atoms with E-state index in [1.807, 2.05) is 6.92 Å². The molecule has 0 saturated carbocycles. The van der Waals surface area contributed by atoms with Gasteiger partial charge >= 0.3 is 12.1 Å². The van der Waals surface area contributed by atoms with Crippen LogP contribution in [0, 0.1) is 0 Å². The Hall–Kier alpha value is -1.26. The van der Waals surface area contributed by atoms with Crippen LogP contribution in [-0.4, -0.2) is 30.8 Å². The van der Waals surface area contributed by atoms with E-state index < -0.39 is 5.97 Å². The van der Waals surface area contributed by atoms with E-state index >= 15 is 0 Å². The van der Waals surface area contributed by atoms with Crippen molar-refractivity contribution >= 4 is 12.1 Å². The highest BCUT2D eigenvalue weighted by atomic mass is 16.5. The summed E-state index contributed by atoms with van der Waals surface area (Å²) >= 11 is 0. The number of hydrogen-bond acceptors (Lipinski definition) is 3. The number of unbranched alkanes of at least 4 members (excludes halogenated alkanes) is 1. The Morgan fingerprint density at radius 1 is 1.36 bits per heavy atom. The average Bonchev–Trinajstić information content (AvgIpc) is 2.16. The van der Waals surface area contributed by atoms with Crippen LogP contribution in [0.1, 0.15) is 33.1 Å². The zero-order valence-electron chi connectivity index (χ0n) is 9.00. The van der Waals surface area contributed by atoms with Crippen LogP contribution >= 0.6 is 0 Å². The fourth-order valence-corrected chi connectivity index (χ4v) is 0.531. The summed E-state index contributed by atoms with van der Waals surface area (Å²) in [4.78, 5) is 19.8. The maximum atomic E-state index is 10.1. The van der Waals surface area contributed by atoms with Crippen molar-refractivity contribution in [3.05, 3.63) is 0 Å². The van der Waals surface area contributed by atoms with Gasteiger partial charge in [-0.2, -0.15) is 0 Å². The number of hydrogen-bond donors (Lipinski definition) is 2. The third-order valence-electron chi connectivity index (χ3n) is 1.22. The maximum Gasteiger partial charge on any atom is 0.406 e. The van der Waals surface area contributed by atoms with E-state index in [1.54, 1.807) is 6.92 Å². The first-order chi connectivity index (χ1) is 6.58. The van der Waals surface area contributed by atoms with Gasteiger partial charge in [-0.15, -0.1) is 0 Å². The smallest absolute Gasteiger partial charge is 0.406 e. The van der Waals surface area contributed by atoms with E-state index in [9.17, 15) is 9.59 Å². The molecule has 84 valence electrons. The zero-order valence-corrected chi connectivity index (χ0v) is 9.00. The molecule has 0 aromatic rings. The molecule has 0 aliphatic carbocycles. The largest absolute Gasteiger partial charge is 0.481 e. The van der Waals surface area contributed by atoms with Crippen molar-refractivity contribution in [3.63, 3.8) is 0 Å². The summed E-state index contributed by atoms with van der Waals surface area (Å²) in [5.41, 5.74) is 0. The lowest BCUT2D eigenvalue weighted by atomic mass is 10.3. The molecule has 0 aromatic heterocycles. The predicted octanol–water partition coefficient (Wildman–Crippen LogP) is 1.62. The van der Waals surface area contributed by atoms with E-state index in [2.05, 4.69) is 10.1 Å². The third kappa shape index (κ3) is 17.0. The standard InChI is InChI=1S/C5H10O2.C4H9NO2/c1-2-3-4-5(6)7;1-3-7-4(6)5-2/h2-4H2,1H3,(H,6,7);3H2,1-2H3,(H,5,6). The van der Waals surface area contributed by atoms with Crippen molar-refractivity contribution in [2.24, 2.45) is 0 Å². The minimum atomic E-state index is -0.693. The van der Waals surface area contributed by atoms with Gasteiger partial charge < -0.3 is 15.2 Å². The first kappa shape index (κ1) is 15.2. The van der Waals surface area contributed by atoms with Crippen LogP contribution in [0.15, 0.2) is 0 Å². The lowest BCUT2D eigenvalue weighted by Crippen LogP contribution is -2.18. The van der Waals surface area contributed by atoms with E-state index in [-0.39, 0.29) is 6.09 Å². The Morgan fingerprint density at radius 3 is 2.07 bits per heavy atom. The molecule has 0 bridgehead atoms. The highest BCUT2D eigenvalue weighted by Crippen LogP contribution is 1.91. The first-order valence-electron chi connectivity index (χ1n) is 4.64. The van der Waals surface area contributed by atoms with Gasteiger partial charge in [-0.05, 0) is 13.3 Å². The fourth-order valence-electron chi connectivity index (χ4n) is 0.531. The molecule has 0 aliphatic heterocycles. The van der Waals surface area contributed by atoms with Gasteiger partial charge in [0.15, 0.2) is 0 Å². The maximum absolute atomic E-state index is 10.1. The number of rotatable bonds is 4. The van der Waals surface area contributed by atoms with Crippen LogP contribution in [-0.2, 0) is 9.53 Å². The van der Waals surface area contributed by atoms with E-state index in [0.29, 0.717) is 13.0 Å². The molecule has 0 saturated heterocycles. The molecule has 0 heterocycles. The van der Waals surface area contributed by atoms with Crippen LogP contribution in [0.4, 0.5) is 4.79 Å². The number of nitrogens with one attached hydrogen (secondary N) is 1. The van der Waals surface area contributed by atoms with Crippen molar-refractivity contribution in [2.45, 2.75) is 33.1 Å². The molecule has 14 heavy (non-hydrogen) atoms. The zero-order chi connectivity index (χ0) is 11.4. The van der Waals surface area contributed by atoms with Gasteiger partial charge in [0.1, 0.15) is 0 Å². The van der Waals surface area contributed by atoms with Gasteiger partial charge in [-0.25, -0.2) is 4.79 Å². The SMILES string of the molecule is CCCCC(=O)O.CCOC(=O)NC. The first-order valence-corrected chi connectivity index (χ1v) is 4.64. The van der Waals surface area contributed by atoms with Crippen molar-refractivity contribution in [1.29, 1.82) is 0 Å². The van der Waals surface area contributed by atoms with Gasteiger partial charge in [-0.1, -0.05) is 13.3 Å². The molecule has 0 fully saturated rings. The molecule has 5 nitrogen and oxygen atoms in total. The average molecular weight is 205 g/mol. The molecule has 0 aliphatic rings. The number of carboxylic acids is 1. The van der Waals surface area contributed by atoms with E-state index in [0.717, 1.165) is 12.8 Å². The van der Waals surface area contributed by atoms with Crippen molar-refractivity contribution in [1.82, 2.24) is 5.32 Å². The summed E-state index contributed by atoms with van der Waals surface area (Å²) in [6.07, 6.45) is 1.71. The monoisotopic (exact) mass is 205 g/mol. The van der Waals surface area contributed by atoms with E-state index in [4.69, 9.17) is 5.11 Å². The third-order valence-corrected chi connectivity index (χ3v) is 1.22. The number of carbonyl (C=O) groups is 2. The van der Waals surface area contributed by atoms with Gasteiger partial charge in [0.2, 0.25) is 0 Å². The summed E-state index contributed by atoms with van der Waals surface area (Å²) in [7, 11) is 1.53. The minimum Gasteiger partial charge on any atom is -0.481 e. The minimum absolute atomic E-state index is 0.316. The highest BCUT2D eigenvalue weighted by Gasteiger charge is 1.91. The summed E-state index contributed by atoms with van der Waals surface area (Å²) in [5, 5.41) is 10.3. The summed E-state index contributed by atoms with van der Waals surface area (Å²) in [6, 6.07) is 0. The van der Waals surface area contributed by atoms with Crippen LogP contribution in [0.5, 0.6) is 0 Å². The number of aliphatic carboxylic acids is 1. The molecule has 0 spiro atoms. The van der Waals surface area contributed by atoms with Crippen LogP contribution in [0.3, 0.4) is 0 Å². The lowest BCUT2D eigenvalue weighted by Gasteiger charge is -1.95. The molecule has 1 amide bonds. The second kappa shape index (κ2) is 11.7. The Kier molecular flexibility index (Phi) is 12.8. The molecule has 0 aromatic carbocycles. The van der Waals surface area contributed by atoms with Crippen LogP contribution in [0.2, 0.25) is 0 Å². The molecule has 0 radical (unpaired) electrons. The second-order valence-electron chi connectivity index (χ2n) is 2.47. The lowest BCUT2D eigenvalue weighted by molar-refractivity contribution is -0.137. The molecule has 0 unspecified atom stereocenters. The highest BCUT2D eigenvalue weighted by molar-refractivity contribution is 5.66. The van der Waals surface area contributed by atoms with Crippen molar-refractivity contribution < 1.29 is 19.4 Å². The Bertz CT molecular complexity index is 159. The molecule has 0 atom stereocenters.